The Balaban J connectivity index is 1.64. The van der Waals surface area contributed by atoms with Crippen LogP contribution in [-0.2, 0) is 20.9 Å². The minimum Gasteiger partial charge on any atom is -0.486 e. The molecule has 0 fully saturated rings. The minimum absolute atomic E-state index is 0.189. The average molecular weight is 459 g/mol. The quantitative estimate of drug-likeness (QED) is 0.397. The minimum atomic E-state index is -0.288. The van der Waals surface area contributed by atoms with Gasteiger partial charge in [0.05, 0.1) is 29.0 Å². The van der Waals surface area contributed by atoms with E-state index < -0.39 is 0 Å². The van der Waals surface area contributed by atoms with Gasteiger partial charge in [0.25, 0.3) is 5.91 Å². The van der Waals surface area contributed by atoms with Crippen LogP contribution in [0.2, 0.25) is 0 Å². The van der Waals surface area contributed by atoms with E-state index in [2.05, 4.69) is 4.99 Å². The lowest BCUT2D eigenvalue weighted by atomic mass is 10.2. The zero-order valence-corrected chi connectivity index (χ0v) is 18.7. The normalized spacial score (nSPS) is 13.4. The first-order valence-electron chi connectivity index (χ1n) is 9.98. The summed E-state index contributed by atoms with van der Waals surface area (Å²) >= 11 is 2.83. The second kappa shape index (κ2) is 10.0. The van der Waals surface area contributed by atoms with Crippen LogP contribution in [0.15, 0.2) is 52.4 Å². The Morgan fingerprint density at radius 2 is 1.90 bits per heavy atom. The van der Waals surface area contributed by atoms with E-state index in [0.717, 1.165) is 15.1 Å². The van der Waals surface area contributed by atoms with Crippen LogP contribution in [0.3, 0.4) is 0 Å². The molecule has 0 atom stereocenters. The summed E-state index contributed by atoms with van der Waals surface area (Å²) in [5.74, 6) is 1.04. The third-order valence-electron chi connectivity index (χ3n) is 4.52. The monoisotopic (exact) mass is 458 g/mol. The number of hydrogen-bond acceptors (Lipinski definition) is 7. The van der Waals surface area contributed by atoms with Crippen LogP contribution in [0, 0.1) is 0 Å². The van der Waals surface area contributed by atoms with Crippen LogP contribution in [0.4, 0.5) is 0 Å². The maximum atomic E-state index is 12.6. The van der Waals surface area contributed by atoms with Gasteiger partial charge in [-0.1, -0.05) is 29.5 Å². The molecule has 7 nitrogen and oxygen atoms in total. The van der Waals surface area contributed by atoms with Crippen molar-refractivity contribution in [2.45, 2.75) is 24.8 Å². The molecule has 0 saturated carbocycles. The van der Waals surface area contributed by atoms with Gasteiger partial charge in [-0.25, -0.2) is 0 Å². The van der Waals surface area contributed by atoms with Crippen molar-refractivity contribution < 1.29 is 23.8 Å². The fourth-order valence-electron chi connectivity index (χ4n) is 3.14. The molecular formula is C22H22N2O5S2. The van der Waals surface area contributed by atoms with Gasteiger partial charge in [-0.2, -0.15) is 4.99 Å². The molecule has 0 unspecified atom stereocenters. The van der Waals surface area contributed by atoms with Crippen molar-refractivity contribution in [2.24, 2.45) is 4.99 Å². The number of carbonyl (C=O) groups is 2. The predicted molar refractivity (Wildman–Crippen MR) is 120 cm³/mol. The van der Waals surface area contributed by atoms with E-state index in [0.29, 0.717) is 42.7 Å². The molecule has 1 amide bonds. The summed E-state index contributed by atoms with van der Waals surface area (Å²) in [5.41, 5.74) is 0.848. The Bertz CT molecular complexity index is 1150. The van der Waals surface area contributed by atoms with Crippen LogP contribution in [0.1, 0.15) is 13.3 Å². The molecule has 0 spiro atoms. The van der Waals surface area contributed by atoms with Gasteiger partial charge in [-0.05, 0) is 19.1 Å². The molecule has 0 N–H and O–H groups in total. The Morgan fingerprint density at radius 1 is 1.16 bits per heavy atom. The Hall–Kier alpha value is -2.78. The molecule has 0 aliphatic carbocycles. The number of benzene rings is 2. The lowest BCUT2D eigenvalue weighted by molar-refractivity contribution is -0.143. The van der Waals surface area contributed by atoms with Gasteiger partial charge in [0.1, 0.15) is 13.2 Å². The number of nitrogens with zero attached hydrogens (tertiary/aromatic N) is 2. The van der Waals surface area contributed by atoms with Crippen molar-refractivity contribution in [3.63, 3.8) is 0 Å². The number of aromatic nitrogens is 1. The smallest absolute Gasteiger partial charge is 0.307 e. The van der Waals surface area contributed by atoms with Gasteiger partial charge in [-0.15, -0.1) is 11.8 Å². The van der Waals surface area contributed by atoms with Gasteiger partial charge in [0, 0.05) is 23.6 Å². The van der Waals surface area contributed by atoms with Crippen LogP contribution in [0.5, 0.6) is 11.5 Å². The van der Waals surface area contributed by atoms with Crippen LogP contribution >= 0.6 is 23.1 Å². The van der Waals surface area contributed by atoms with E-state index in [1.807, 2.05) is 47.0 Å². The molecule has 162 valence electrons. The third-order valence-corrected chi connectivity index (χ3v) is 6.56. The third kappa shape index (κ3) is 5.29. The summed E-state index contributed by atoms with van der Waals surface area (Å²) in [6.07, 6.45) is 0.189. The van der Waals surface area contributed by atoms with E-state index in [-0.39, 0.29) is 24.1 Å². The van der Waals surface area contributed by atoms with Gasteiger partial charge in [0.2, 0.25) is 0 Å². The second-order valence-electron chi connectivity index (χ2n) is 6.66. The van der Waals surface area contributed by atoms with Crippen molar-refractivity contribution in [3.8, 4) is 11.5 Å². The van der Waals surface area contributed by atoms with Gasteiger partial charge >= 0.3 is 5.97 Å². The Morgan fingerprint density at radius 3 is 2.65 bits per heavy atom. The molecule has 1 aromatic heterocycles. The van der Waals surface area contributed by atoms with E-state index in [1.54, 1.807) is 6.92 Å². The van der Waals surface area contributed by atoms with E-state index in [9.17, 15) is 9.59 Å². The van der Waals surface area contributed by atoms with Crippen LogP contribution < -0.4 is 14.3 Å². The summed E-state index contributed by atoms with van der Waals surface area (Å²) in [6, 6.07) is 13.5. The molecular weight excluding hydrogens is 436 g/mol. The molecule has 9 heteroatoms. The number of rotatable bonds is 7. The molecule has 0 bridgehead atoms. The highest BCUT2D eigenvalue weighted by Crippen LogP contribution is 2.35. The molecule has 1 aliphatic heterocycles. The molecule has 0 saturated heterocycles. The number of ether oxygens (including phenoxy) is 3. The van der Waals surface area contributed by atoms with Crippen LogP contribution in [0.25, 0.3) is 10.2 Å². The number of aryl methyl sites for hydroxylation is 1. The molecule has 1 aliphatic rings. The number of amides is 1. The summed E-state index contributed by atoms with van der Waals surface area (Å²) in [5, 5.41) is 0. The molecule has 2 heterocycles. The van der Waals surface area contributed by atoms with Crippen molar-refractivity contribution in [1.82, 2.24) is 4.57 Å². The number of thiazole rings is 1. The first-order valence-corrected chi connectivity index (χ1v) is 11.8. The number of hydrogen-bond donors (Lipinski definition) is 0. The average Bonchev–Trinajstić information content (AvgIpc) is 3.11. The molecule has 2 aromatic carbocycles. The van der Waals surface area contributed by atoms with Gasteiger partial charge < -0.3 is 18.8 Å². The van der Waals surface area contributed by atoms with E-state index in [1.165, 1.54) is 23.1 Å². The molecule has 31 heavy (non-hydrogen) atoms. The highest BCUT2D eigenvalue weighted by molar-refractivity contribution is 8.00. The maximum Gasteiger partial charge on any atom is 0.307 e. The van der Waals surface area contributed by atoms with E-state index >= 15 is 0 Å². The summed E-state index contributed by atoms with van der Waals surface area (Å²) in [4.78, 5) is 30.4. The summed E-state index contributed by atoms with van der Waals surface area (Å²) < 4.78 is 19.2. The molecule has 3 aromatic rings. The first-order chi connectivity index (χ1) is 15.1. The summed E-state index contributed by atoms with van der Waals surface area (Å²) in [7, 11) is 0. The zero-order chi connectivity index (χ0) is 21.6. The van der Waals surface area contributed by atoms with Crippen molar-refractivity contribution >= 4 is 45.2 Å². The lowest BCUT2D eigenvalue weighted by Crippen LogP contribution is -2.20. The number of thioether (sulfide) groups is 1. The standard InChI is InChI=1S/C22H22N2O5S2/c1-2-27-21(26)8-9-24-16-12-17-18(29-11-10-28-17)13-19(16)31-22(24)23-20(25)14-30-15-6-4-3-5-7-15/h3-7,12-13H,2,8-11,14H2,1H3. The van der Waals surface area contributed by atoms with Gasteiger partial charge in [-0.3, -0.25) is 9.59 Å². The fraction of sp³-hybridized carbons (Fsp3) is 0.318. The molecule has 0 radical (unpaired) electrons. The first kappa shape index (κ1) is 21.5. The maximum absolute atomic E-state index is 12.6. The lowest BCUT2D eigenvalue weighted by Gasteiger charge is -2.18. The molecule has 4 rings (SSSR count). The Labute approximate surface area is 187 Å². The van der Waals surface area contributed by atoms with Gasteiger partial charge in [0.15, 0.2) is 16.3 Å². The topological polar surface area (TPSA) is 79.1 Å². The highest BCUT2D eigenvalue weighted by atomic mass is 32.2. The van der Waals surface area contributed by atoms with E-state index in [4.69, 9.17) is 14.2 Å². The SMILES string of the molecule is CCOC(=O)CCn1c(=NC(=O)CSc2ccccc2)sc2cc3c(cc21)OCCO3. The number of fused-ring (bicyclic) bond motifs is 2. The van der Waals surface area contributed by atoms with Crippen LogP contribution in [-0.4, -0.2) is 42.0 Å². The highest BCUT2D eigenvalue weighted by Gasteiger charge is 2.17. The number of esters is 1. The van der Waals surface area contributed by atoms with Crippen molar-refractivity contribution in [3.05, 3.63) is 47.3 Å². The van der Waals surface area contributed by atoms with Crippen molar-refractivity contribution in [1.29, 1.82) is 0 Å². The zero-order valence-electron chi connectivity index (χ0n) is 17.0. The second-order valence-corrected chi connectivity index (χ2v) is 8.72. The number of carbonyl (C=O) groups excluding carboxylic acids is 2. The van der Waals surface area contributed by atoms with Crippen molar-refractivity contribution in [2.75, 3.05) is 25.6 Å². The Kier molecular flexibility index (Phi) is 6.93. The largest absolute Gasteiger partial charge is 0.486 e. The predicted octanol–water partition coefficient (Wildman–Crippen LogP) is 3.65. The fourth-order valence-corrected chi connectivity index (χ4v) is 4.93. The summed E-state index contributed by atoms with van der Waals surface area (Å²) in [6.45, 7) is 3.45.